The Labute approximate surface area is 93.7 Å². The molecule has 0 saturated heterocycles. The Morgan fingerprint density at radius 3 is 1.62 bits per heavy atom. The van der Waals surface area contributed by atoms with Gasteiger partial charge in [0, 0.05) is 0 Å². The molecule has 2 nitrogen and oxygen atoms in total. The highest BCUT2D eigenvalue weighted by Crippen LogP contribution is 2.16. The average Bonchev–Trinajstić information content (AvgIpc) is 2.29. The second kappa shape index (κ2) is 3.74. The summed E-state index contributed by atoms with van der Waals surface area (Å²) < 4.78 is 0. The van der Waals surface area contributed by atoms with E-state index in [4.69, 9.17) is 0 Å². The van der Waals surface area contributed by atoms with E-state index < -0.39 is 0 Å². The van der Waals surface area contributed by atoms with Crippen LogP contribution in [0.15, 0.2) is 48.6 Å². The van der Waals surface area contributed by atoms with Crippen LogP contribution in [0.25, 0.3) is 23.2 Å². The molecule has 0 atom stereocenters. The molecule has 0 spiro atoms. The van der Waals surface area contributed by atoms with E-state index in [1.165, 1.54) is 0 Å². The normalized spacial score (nSPS) is 19.5. The summed E-state index contributed by atoms with van der Waals surface area (Å²) in [4.78, 5) is 9.17. The van der Waals surface area contributed by atoms with Crippen molar-refractivity contribution in [3.05, 3.63) is 60.0 Å². The number of hydrogen-bond acceptors (Lipinski definition) is 2. The maximum absolute atomic E-state index is 4.58. The van der Waals surface area contributed by atoms with Crippen LogP contribution < -0.4 is 0 Å². The molecule has 2 heteroatoms. The smallest absolute Gasteiger partial charge is 0.0894 e. The van der Waals surface area contributed by atoms with Crippen molar-refractivity contribution in [3.8, 4) is 0 Å². The lowest BCUT2D eigenvalue weighted by molar-refractivity contribution is 1.24. The van der Waals surface area contributed by atoms with E-state index in [-0.39, 0.29) is 0 Å². The predicted molar refractivity (Wildman–Crippen MR) is 66.7 cm³/mol. The first kappa shape index (κ1) is 9.04. The number of hydrogen-bond donors (Lipinski definition) is 0. The molecule has 0 fully saturated rings. The first-order valence-corrected chi connectivity index (χ1v) is 5.22. The molecule has 0 radical (unpaired) electrons. The molecule has 1 aromatic carbocycles. The molecule has 3 rings (SSSR count). The Morgan fingerprint density at radius 2 is 1.12 bits per heavy atom. The summed E-state index contributed by atoms with van der Waals surface area (Å²) in [6.45, 7) is 0. The fourth-order valence-corrected chi connectivity index (χ4v) is 1.69. The van der Waals surface area contributed by atoms with Gasteiger partial charge < -0.3 is 0 Å². The lowest BCUT2D eigenvalue weighted by atomic mass is 10.2. The van der Waals surface area contributed by atoms with Crippen LogP contribution in [-0.4, -0.2) is 9.97 Å². The van der Waals surface area contributed by atoms with Gasteiger partial charge in [0.25, 0.3) is 0 Å². The minimum absolute atomic E-state index is 0.916. The van der Waals surface area contributed by atoms with E-state index in [0.717, 1.165) is 22.4 Å². The monoisotopic (exact) mass is 206 g/mol. The summed E-state index contributed by atoms with van der Waals surface area (Å²) in [7, 11) is 0. The second-order valence-corrected chi connectivity index (χ2v) is 3.59. The highest BCUT2D eigenvalue weighted by molar-refractivity contribution is 5.78. The zero-order valence-electron chi connectivity index (χ0n) is 8.67. The van der Waals surface area contributed by atoms with Gasteiger partial charge >= 0.3 is 0 Å². The lowest BCUT2D eigenvalue weighted by Crippen LogP contribution is -1.93. The van der Waals surface area contributed by atoms with Crippen molar-refractivity contribution in [1.29, 1.82) is 0 Å². The van der Waals surface area contributed by atoms with Gasteiger partial charge in [-0.05, 0) is 24.3 Å². The van der Waals surface area contributed by atoms with Crippen LogP contribution in [0.4, 0.5) is 0 Å². The molecule has 1 aliphatic carbocycles. The van der Waals surface area contributed by atoms with Crippen molar-refractivity contribution < 1.29 is 0 Å². The van der Waals surface area contributed by atoms with Gasteiger partial charge in [0.1, 0.15) is 0 Å². The van der Waals surface area contributed by atoms with Crippen molar-refractivity contribution >= 4 is 23.2 Å². The van der Waals surface area contributed by atoms with Gasteiger partial charge in [-0.25, -0.2) is 9.97 Å². The highest BCUT2D eigenvalue weighted by Gasteiger charge is 2.03. The van der Waals surface area contributed by atoms with Crippen LogP contribution in [0, 0.1) is 0 Å². The number of allylic oxidation sites excluding steroid dienone is 4. The molecule has 0 amide bonds. The number of benzene rings is 1. The summed E-state index contributed by atoms with van der Waals surface area (Å²) in [5.74, 6) is 0. The summed E-state index contributed by atoms with van der Waals surface area (Å²) in [6.07, 6.45) is 11.9. The van der Waals surface area contributed by atoms with Crippen molar-refractivity contribution in [2.45, 2.75) is 0 Å². The second-order valence-electron chi connectivity index (χ2n) is 3.59. The van der Waals surface area contributed by atoms with E-state index in [0.29, 0.717) is 0 Å². The summed E-state index contributed by atoms with van der Waals surface area (Å²) in [5, 5.41) is 0. The number of aromatic nitrogens is 2. The van der Waals surface area contributed by atoms with E-state index in [9.17, 15) is 0 Å². The van der Waals surface area contributed by atoms with Crippen LogP contribution >= 0.6 is 0 Å². The Bertz CT molecular complexity index is 567. The molecule has 0 unspecified atom stereocenters. The third-order valence-corrected chi connectivity index (χ3v) is 2.47. The topological polar surface area (TPSA) is 25.8 Å². The molecule has 0 N–H and O–H groups in total. The van der Waals surface area contributed by atoms with E-state index in [1.807, 2.05) is 60.7 Å². The van der Waals surface area contributed by atoms with Crippen LogP contribution in [0.3, 0.4) is 0 Å². The quantitative estimate of drug-likeness (QED) is 0.661. The van der Waals surface area contributed by atoms with Crippen LogP contribution in [0.1, 0.15) is 11.4 Å². The highest BCUT2D eigenvalue weighted by atomic mass is 14.8. The molecule has 0 bridgehead atoms. The predicted octanol–water partition coefficient (Wildman–Crippen LogP) is 3.23. The maximum atomic E-state index is 4.58. The van der Waals surface area contributed by atoms with E-state index in [2.05, 4.69) is 9.97 Å². The first-order valence-electron chi connectivity index (χ1n) is 5.22. The zero-order chi connectivity index (χ0) is 10.8. The fourth-order valence-electron chi connectivity index (χ4n) is 1.69. The third kappa shape index (κ3) is 1.54. The van der Waals surface area contributed by atoms with Gasteiger partial charge in [-0.3, -0.25) is 0 Å². The third-order valence-electron chi connectivity index (χ3n) is 2.47. The Balaban J connectivity index is 2.31. The molecule has 16 heavy (non-hydrogen) atoms. The van der Waals surface area contributed by atoms with Crippen LogP contribution in [0.2, 0.25) is 0 Å². The van der Waals surface area contributed by atoms with Crippen LogP contribution in [-0.2, 0) is 0 Å². The van der Waals surface area contributed by atoms with Gasteiger partial charge in [0.05, 0.1) is 22.4 Å². The zero-order valence-corrected chi connectivity index (χ0v) is 8.67. The standard InChI is InChI=1S/C14H10N2/c1-2-4-8-12-11(7-3-1)15-13-9-5-6-10-14(13)16-12/h1-10H/b2-1-,3-1?,4-2?,7-3-,8-4-,11-7?,12-8?. The lowest BCUT2D eigenvalue weighted by Gasteiger charge is -2.03. The summed E-state index contributed by atoms with van der Waals surface area (Å²) in [5.41, 5.74) is 3.70. The van der Waals surface area contributed by atoms with Gasteiger partial charge in [-0.15, -0.1) is 0 Å². The number of rotatable bonds is 0. The molecular weight excluding hydrogens is 196 g/mol. The number of nitrogens with zero attached hydrogens (tertiary/aromatic N) is 2. The Hall–Kier alpha value is -2.22. The molecule has 1 aliphatic rings. The van der Waals surface area contributed by atoms with E-state index >= 15 is 0 Å². The van der Waals surface area contributed by atoms with E-state index in [1.54, 1.807) is 0 Å². The van der Waals surface area contributed by atoms with Crippen molar-refractivity contribution in [1.82, 2.24) is 9.97 Å². The molecule has 0 aliphatic heterocycles. The first-order chi connectivity index (χ1) is 7.93. The van der Waals surface area contributed by atoms with Crippen molar-refractivity contribution in [2.24, 2.45) is 0 Å². The largest absolute Gasteiger partial charge is 0.245 e. The number of fused-ring (bicyclic) bond motifs is 2. The van der Waals surface area contributed by atoms with Crippen molar-refractivity contribution in [2.75, 3.05) is 0 Å². The summed E-state index contributed by atoms with van der Waals surface area (Å²) >= 11 is 0. The maximum Gasteiger partial charge on any atom is 0.0894 e. The molecule has 1 heterocycles. The van der Waals surface area contributed by atoms with Gasteiger partial charge in [-0.1, -0.05) is 36.4 Å². The molecule has 76 valence electrons. The minimum atomic E-state index is 0.916. The summed E-state index contributed by atoms with van der Waals surface area (Å²) in [6, 6.07) is 7.92. The van der Waals surface area contributed by atoms with Gasteiger partial charge in [0.15, 0.2) is 0 Å². The van der Waals surface area contributed by atoms with Gasteiger partial charge in [0.2, 0.25) is 0 Å². The van der Waals surface area contributed by atoms with Crippen molar-refractivity contribution in [3.63, 3.8) is 0 Å². The SMILES string of the molecule is C1=C\C=C/c2nc3ccccc3nc2\C=C/1. The Kier molecular flexibility index (Phi) is 2.11. The van der Waals surface area contributed by atoms with Gasteiger partial charge in [-0.2, -0.15) is 0 Å². The Morgan fingerprint density at radius 1 is 0.625 bits per heavy atom. The molecule has 0 saturated carbocycles. The van der Waals surface area contributed by atoms with Crippen LogP contribution in [0.5, 0.6) is 0 Å². The molecular formula is C14H10N2. The molecule has 2 aromatic rings. The number of para-hydroxylation sites is 2. The average molecular weight is 206 g/mol. The molecule has 1 aromatic heterocycles. The fraction of sp³-hybridized carbons (Fsp3) is 0. The minimum Gasteiger partial charge on any atom is -0.245 e.